The second-order valence-electron chi connectivity index (χ2n) is 5.75. The molecular weight excluding hydrogens is 172 g/mol. The normalized spacial score (nSPS) is 34.2. The summed E-state index contributed by atoms with van der Waals surface area (Å²) in [6.45, 7) is 11.5. The molecule has 1 fully saturated rings. The summed E-state index contributed by atoms with van der Waals surface area (Å²) >= 11 is 0. The van der Waals surface area contributed by atoms with E-state index in [0.717, 1.165) is 19.3 Å². The molecule has 0 bridgehead atoms. The van der Waals surface area contributed by atoms with Gasteiger partial charge in [0.2, 0.25) is 0 Å². The first kappa shape index (κ1) is 11.7. The van der Waals surface area contributed by atoms with Crippen LogP contribution >= 0.6 is 0 Å². The number of carbonyl (C=O) groups excluding carboxylic acids is 1. The van der Waals surface area contributed by atoms with E-state index in [-0.39, 0.29) is 0 Å². The summed E-state index contributed by atoms with van der Waals surface area (Å²) in [5.74, 6) is 2.38. The summed E-state index contributed by atoms with van der Waals surface area (Å²) in [5, 5.41) is 0. The van der Waals surface area contributed by atoms with Gasteiger partial charge in [0.1, 0.15) is 5.78 Å². The van der Waals surface area contributed by atoms with E-state index in [4.69, 9.17) is 0 Å². The van der Waals surface area contributed by atoms with Crippen molar-refractivity contribution in [1.29, 1.82) is 0 Å². The van der Waals surface area contributed by atoms with Crippen LogP contribution in [0.4, 0.5) is 0 Å². The lowest BCUT2D eigenvalue weighted by Gasteiger charge is -2.46. The minimum Gasteiger partial charge on any atom is -0.300 e. The first-order valence-electron chi connectivity index (χ1n) is 5.89. The van der Waals surface area contributed by atoms with Gasteiger partial charge in [-0.3, -0.25) is 4.79 Å². The Hall–Kier alpha value is -0.330. The maximum Gasteiger partial charge on any atom is 0.133 e. The summed E-state index contributed by atoms with van der Waals surface area (Å²) in [6.07, 6.45) is 2.70. The molecule has 0 amide bonds. The van der Waals surface area contributed by atoms with Gasteiger partial charge in [0, 0.05) is 12.8 Å². The zero-order chi connectivity index (χ0) is 10.9. The van der Waals surface area contributed by atoms with Crippen molar-refractivity contribution < 1.29 is 4.79 Å². The Labute approximate surface area is 88.3 Å². The average Bonchev–Trinajstić information content (AvgIpc) is 2.08. The first-order chi connectivity index (χ1) is 6.38. The molecule has 0 aromatic heterocycles. The minimum atomic E-state index is 0.377. The summed E-state index contributed by atoms with van der Waals surface area (Å²) < 4.78 is 0. The predicted molar refractivity (Wildman–Crippen MR) is 60.1 cm³/mol. The molecule has 0 heterocycles. The van der Waals surface area contributed by atoms with Crippen LogP contribution in [0.1, 0.15) is 53.9 Å². The second-order valence-corrected chi connectivity index (χ2v) is 5.75. The van der Waals surface area contributed by atoms with Gasteiger partial charge < -0.3 is 0 Å². The Morgan fingerprint density at radius 1 is 1.29 bits per heavy atom. The lowest BCUT2D eigenvalue weighted by atomic mass is 9.58. The molecule has 0 aliphatic heterocycles. The number of hydrogen-bond donors (Lipinski definition) is 0. The van der Waals surface area contributed by atoms with Crippen LogP contribution in [-0.2, 0) is 4.79 Å². The zero-order valence-corrected chi connectivity index (χ0v) is 10.3. The maximum atomic E-state index is 11.5. The van der Waals surface area contributed by atoms with Crippen LogP contribution in [0.25, 0.3) is 0 Å². The summed E-state index contributed by atoms with van der Waals surface area (Å²) in [6, 6.07) is 0. The molecule has 0 radical (unpaired) electrons. The lowest BCUT2D eigenvalue weighted by Crippen LogP contribution is -2.41. The molecule has 1 aliphatic carbocycles. The molecular formula is C13H24O. The summed E-state index contributed by atoms with van der Waals surface area (Å²) in [7, 11) is 0. The van der Waals surface area contributed by atoms with Crippen LogP contribution in [0.3, 0.4) is 0 Å². The highest BCUT2D eigenvalue weighted by Gasteiger charge is 2.42. The van der Waals surface area contributed by atoms with E-state index in [9.17, 15) is 4.79 Å². The molecule has 0 unspecified atom stereocenters. The third-order valence-corrected chi connectivity index (χ3v) is 4.36. The van der Waals surface area contributed by atoms with E-state index in [1.807, 2.05) is 0 Å². The predicted octanol–water partition coefficient (Wildman–Crippen LogP) is 3.67. The molecule has 1 heteroatoms. The average molecular weight is 196 g/mol. The molecule has 1 aliphatic rings. The van der Waals surface area contributed by atoms with Gasteiger partial charge in [-0.15, -0.1) is 0 Å². The van der Waals surface area contributed by atoms with Crippen molar-refractivity contribution in [2.45, 2.75) is 53.9 Å². The Bertz CT molecular complexity index is 217. The molecule has 0 aromatic rings. The number of Topliss-reactive ketones (excluding diaryl/α,β-unsaturated/α-hetero) is 1. The molecule has 1 rings (SSSR count). The van der Waals surface area contributed by atoms with Crippen LogP contribution in [-0.4, -0.2) is 5.78 Å². The summed E-state index contributed by atoms with van der Waals surface area (Å²) in [5.41, 5.74) is 0.377. The highest BCUT2D eigenvalue weighted by atomic mass is 16.1. The van der Waals surface area contributed by atoms with Crippen LogP contribution in [0.15, 0.2) is 0 Å². The van der Waals surface area contributed by atoms with Gasteiger partial charge in [0.25, 0.3) is 0 Å². The third-order valence-electron chi connectivity index (χ3n) is 4.36. The van der Waals surface area contributed by atoms with Crippen molar-refractivity contribution in [1.82, 2.24) is 0 Å². The van der Waals surface area contributed by atoms with Crippen molar-refractivity contribution in [2.24, 2.45) is 23.2 Å². The molecule has 82 valence electrons. The van der Waals surface area contributed by atoms with Crippen molar-refractivity contribution in [3.05, 3.63) is 0 Å². The van der Waals surface area contributed by atoms with Gasteiger partial charge in [-0.1, -0.05) is 34.6 Å². The van der Waals surface area contributed by atoms with E-state index in [2.05, 4.69) is 34.6 Å². The van der Waals surface area contributed by atoms with Crippen LogP contribution < -0.4 is 0 Å². The van der Waals surface area contributed by atoms with Crippen molar-refractivity contribution in [3.63, 3.8) is 0 Å². The van der Waals surface area contributed by atoms with Crippen LogP contribution in [0.5, 0.6) is 0 Å². The number of ketones is 1. The molecule has 1 saturated carbocycles. The van der Waals surface area contributed by atoms with Crippen molar-refractivity contribution in [2.75, 3.05) is 0 Å². The molecule has 0 N–H and O–H groups in total. The van der Waals surface area contributed by atoms with E-state index in [0.29, 0.717) is 29.0 Å². The van der Waals surface area contributed by atoms with Crippen LogP contribution in [0, 0.1) is 23.2 Å². The topological polar surface area (TPSA) is 17.1 Å². The lowest BCUT2D eigenvalue weighted by molar-refractivity contribution is -0.127. The fourth-order valence-electron chi connectivity index (χ4n) is 2.89. The second kappa shape index (κ2) is 4.04. The van der Waals surface area contributed by atoms with Gasteiger partial charge in [-0.25, -0.2) is 0 Å². The molecule has 1 nitrogen and oxygen atoms in total. The van der Waals surface area contributed by atoms with Crippen molar-refractivity contribution in [3.8, 4) is 0 Å². The number of rotatable bonds is 2. The Kier molecular flexibility index (Phi) is 3.39. The fourth-order valence-corrected chi connectivity index (χ4v) is 2.89. The van der Waals surface area contributed by atoms with Gasteiger partial charge >= 0.3 is 0 Å². The van der Waals surface area contributed by atoms with Gasteiger partial charge in [0.05, 0.1) is 0 Å². The van der Waals surface area contributed by atoms with E-state index >= 15 is 0 Å². The molecule has 0 spiro atoms. The van der Waals surface area contributed by atoms with Gasteiger partial charge in [-0.05, 0) is 29.6 Å². The van der Waals surface area contributed by atoms with E-state index in [1.54, 1.807) is 0 Å². The highest BCUT2D eigenvalue weighted by molar-refractivity contribution is 5.79. The largest absolute Gasteiger partial charge is 0.300 e. The van der Waals surface area contributed by atoms with E-state index in [1.165, 1.54) is 0 Å². The Morgan fingerprint density at radius 2 is 1.86 bits per heavy atom. The third kappa shape index (κ3) is 2.02. The molecule has 14 heavy (non-hydrogen) atoms. The molecule has 2 atom stereocenters. The van der Waals surface area contributed by atoms with E-state index < -0.39 is 0 Å². The fraction of sp³-hybridized carbons (Fsp3) is 0.923. The Morgan fingerprint density at radius 3 is 2.29 bits per heavy atom. The quantitative estimate of drug-likeness (QED) is 0.658. The monoisotopic (exact) mass is 196 g/mol. The highest BCUT2D eigenvalue weighted by Crippen LogP contribution is 2.48. The van der Waals surface area contributed by atoms with Gasteiger partial charge in [-0.2, -0.15) is 0 Å². The smallest absolute Gasteiger partial charge is 0.133 e. The molecule has 0 aromatic carbocycles. The first-order valence-corrected chi connectivity index (χ1v) is 5.89. The zero-order valence-electron chi connectivity index (χ0n) is 10.3. The standard InChI is InChI=1S/C13H24O/c1-9(2)12-8-11(14)6-7-13(12,5)10(3)4/h9-10,12H,6-8H2,1-5H3/t12-,13-/m0/s1. The maximum absolute atomic E-state index is 11.5. The van der Waals surface area contributed by atoms with Crippen molar-refractivity contribution >= 4 is 5.78 Å². The minimum absolute atomic E-state index is 0.377. The van der Waals surface area contributed by atoms with Gasteiger partial charge in [0.15, 0.2) is 0 Å². The van der Waals surface area contributed by atoms with Crippen LogP contribution in [0.2, 0.25) is 0 Å². The Balaban J connectivity index is 2.87. The SMILES string of the molecule is CC(C)[C@@H]1CC(=O)CC[C@@]1(C)C(C)C. The molecule has 0 saturated heterocycles. The summed E-state index contributed by atoms with van der Waals surface area (Å²) in [4.78, 5) is 11.5. The number of carbonyl (C=O) groups is 1. The number of hydrogen-bond acceptors (Lipinski definition) is 1.